The van der Waals surface area contributed by atoms with Crippen LogP contribution in [0.4, 0.5) is 11.6 Å². The molecule has 6 heteroatoms. The fraction of sp³-hybridized carbons (Fsp3) is 0.200. The van der Waals surface area contributed by atoms with Gasteiger partial charge < -0.3 is 10.6 Å². The summed E-state index contributed by atoms with van der Waals surface area (Å²) in [4.78, 5) is 2.03. The molecule has 16 heavy (non-hydrogen) atoms. The van der Waals surface area contributed by atoms with Gasteiger partial charge in [-0.15, -0.1) is 5.10 Å². The first-order chi connectivity index (χ1) is 7.59. The summed E-state index contributed by atoms with van der Waals surface area (Å²) in [5, 5.41) is 6.52. The third-order valence-corrected chi connectivity index (χ3v) is 2.60. The zero-order valence-electron chi connectivity index (χ0n) is 9.14. The van der Waals surface area contributed by atoms with Gasteiger partial charge in [-0.05, 0) is 36.5 Å². The Morgan fingerprint density at radius 3 is 2.38 bits per heavy atom. The number of hydrogen-bond acceptors (Lipinski definition) is 4. The summed E-state index contributed by atoms with van der Waals surface area (Å²) in [5.74, 6) is 0.364. The summed E-state index contributed by atoms with van der Waals surface area (Å²) in [6, 6.07) is 7.92. The van der Waals surface area contributed by atoms with Gasteiger partial charge >= 0.3 is 0 Å². The van der Waals surface area contributed by atoms with E-state index in [1.165, 1.54) is 0 Å². The van der Waals surface area contributed by atoms with Gasteiger partial charge in [-0.25, -0.2) is 5.10 Å². The minimum absolute atomic E-state index is 0.364. The lowest BCUT2D eigenvalue weighted by Crippen LogP contribution is -2.08. The van der Waals surface area contributed by atoms with Gasteiger partial charge in [0.05, 0.1) is 5.69 Å². The van der Waals surface area contributed by atoms with E-state index in [1.54, 1.807) is 4.57 Å². The van der Waals surface area contributed by atoms with Gasteiger partial charge in [-0.2, -0.15) is 0 Å². The molecule has 0 amide bonds. The van der Waals surface area contributed by atoms with Gasteiger partial charge in [-0.1, -0.05) is 0 Å². The second-order valence-corrected chi connectivity index (χ2v) is 4.02. The number of hydrogen-bond donors (Lipinski definition) is 2. The van der Waals surface area contributed by atoms with Gasteiger partial charge in [-0.3, -0.25) is 4.57 Å². The molecule has 0 saturated heterocycles. The smallest absolute Gasteiger partial charge is 0.225 e. The molecule has 0 atom stereocenters. The highest BCUT2D eigenvalue weighted by Gasteiger charge is 2.04. The van der Waals surface area contributed by atoms with Crippen LogP contribution in [0.25, 0.3) is 5.69 Å². The molecule has 3 N–H and O–H groups in total. The number of nitrogen functional groups attached to an aromatic ring is 1. The Morgan fingerprint density at radius 1 is 1.31 bits per heavy atom. The first-order valence-electron chi connectivity index (χ1n) is 4.80. The molecule has 0 spiro atoms. The van der Waals surface area contributed by atoms with Crippen LogP contribution >= 0.6 is 12.2 Å². The number of aromatic nitrogens is 3. The molecule has 0 saturated carbocycles. The van der Waals surface area contributed by atoms with Crippen LogP contribution in [0.15, 0.2) is 24.3 Å². The first kappa shape index (κ1) is 10.7. The summed E-state index contributed by atoms with van der Waals surface area (Å²) in [5.41, 5.74) is 7.74. The topological polar surface area (TPSA) is 62.9 Å². The van der Waals surface area contributed by atoms with Crippen LogP contribution in [-0.2, 0) is 0 Å². The van der Waals surface area contributed by atoms with Crippen molar-refractivity contribution in [1.29, 1.82) is 0 Å². The summed E-state index contributed by atoms with van der Waals surface area (Å²) >= 11 is 5.09. The number of nitrogens with zero attached hydrogens (tertiary/aromatic N) is 3. The Hall–Kier alpha value is -1.82. The first-order valence-corrected chi connectivity index (χ1v) is 5.21. The van der Waals surface area contributed by atoms with E-state index in [0.29, 0.717) is 10.7 Å². The van der Waals surface area contributed by atoms with E-state index in [1.807, 2.05) is 43.3 Å². The quantitative estimate of drug-likeness (QED) is 0.776. The van der Waals surface area contributed by atoms with Crippen molar-refractivity contribution in [2.24, 2.45) is 0 Å². The normalized spacial score (nSPS) is 10.4. The standard InChI is InChI=1S/C10H13N5S/c1-14(2)7-3-5-8(6-4-7)15-9(11)12-13-10(15)16/h3-6H,1-2H3,(H2,11,12)(H,13,16). The minimum Gasteiger partial charge on any atom is -0.378 e. The number of aromatic amines is 1. The van der Waals surface area contributed by atoms with Crippen molar-refractivity contribution < 1.29 is 0 Å². The predicted octanol–water partition coefficient (Wildman–Crippen LogP) is 1.58. The molecule has 1 heterocycles. The lowest BCUT2D eigenvalue weighted by atomic mass is 10.2. The molecule has 0 unspecified atom stereocenters. The van der Waals surface area contributed by atoms with Gasteiger partial charge in [0, 0.05) is 19.8 Å². The van der Waals surface area contributed by atoms with Gasteiger partial charge in [0.15, 0.2) is 0 Å². The maximum absolute atomic E-state index is 5.71. The van der Waals surface area contributed by atoms with E-state index in [4.69, 9.17) is 18.0 Å². The van der Waals surface area contributed by atoms with Crippen LogP contribution < -0.4 is 10.6 Å². The number of anilines is 2. The molecule has 0 aliphatic rings. The predicted molar refractivity (Wildman–Crippen MR) is 67.5 cm³/mol. The Morgan fingerprint density at radius 2 is 1.94 bits per heavy atom. The fourth-order valence-corrected chi connectivity index (χ4v) is 1.70. The molecular formula is C10H13N5S. The lowest BCUT2D eigenvalue weighted by molar-refractivity contribution is 1.03. The second kappa shape index (κ2) is 3.97. The maximum atomic E-state index is 5.71. The Labute approximate surface area is 98.5 Å². The summed E-state index contributed by atoms with van der Waals surface area (Å²) in [6.07, 6.45) is 0. The van der Waals surface area contributed by atoms with Crippen molar-refractivity contribution in [2.75, 3.05) is 24.7 Å². The SMILES string of the molecule is CN(C)c1ccc(-n2c(N)n[nH]c2=S)cc1. The van der Waals surface area contributed by atoms with E-state index >= 15 is 0 Å². The largest absolute Gasteiger partial charge is 0.378 e. The number of rotatable bonds is 2. The van der Waals surface area contributed by atoms with Gasteiger partial charge in [0.25, 0.3) is 0 Å². The van der Waals surface area contributed by atoms with E-state index in [9.17, 15) is 0 Å². The van der Waals surface area contributed by atoms with Crippen LogP contribution in [0.1, 0.15) is 0 Å². The highest BCUT2D eigenvalue weighted by atomic mass is 32.1. The van der Waals surface area contributed by atoms with Crippen LogP contribution in [0.3, 0.4) is 0 Å². The highest BCUT2D eigenvalue weighted by Crippen LogP contribution is 2.17. The van der Waals surface area contributed by atoms with E-state index in [0.717, 1.165) is 11.4 Å². The molecule has 0 aliphatic heterocycles. The molecule has 5 nitrogen and oxygen atoms in total. The number of benzene rings is 1. The molecule has 0 radical (unpaired) electrons. The summed E-state index contributed by atoms with van der Waals surface area (Å²) in [6.45, 7) is 0. The molecule has 1 aromatic heterocycles. The highest BCUT2D eigenvalue weighted by molar-refractivity contribution is 7.71. The van der Waals surface area contributed by atoms with Crippen LogP contribution in [0.5, 0.6) is 0 Å². The van der Waals surface area contributed by atoms with Crippen LogP contribution in [0.2, 0.25) is 0 Å². The number of H-pyrrole nitrogens is 1. The van der Waals surface area contributed by atoms with Crippen molar-refractivity contribution in [2.45, 2.75) is 0 Å². The molecule has 84 valence electrons. The molecule has 0 fully saturated rings. The average molecular weight is 235 g/mol. The van der Waals surface area contributed by atoms with E-state index in [-0.39, 0.29) is 0 Å². The van der Waals surface area contributed by atoms with Crippen LogP contribution in [-0.4, -0.2) is 28.9 Å². The lowest BCUT2D eigenvalue weighted by Gasteiger charge is -2.12. The third kappa shape index (κ3) is 1.79. The zero-order valence-corrected chi connectivity index (χ0v) is 9.95. The Kier molecular flexibility index (Phi) is 2.66. The molecule has 0 bridgehead atoms. The minimum atomic E-state index is 0.364. The Bertz CT molecular complexity index is 537. The monoisotopic (exact) mass is 235 g/mol. The Balaban J connectivity index is 2.46. The van der Waals surface area contributed by atoms with Crippen LogP contribution in [0, 0.1) is 4.77 Å². The molecule has 0 aliphatic carbocycles. The summed E-state index contributed by atoms with van der Waals surface area (Å²) in [7, 11) is 3.99. The van der Waals surface area contributed by atoms with E-state index in [2.05, 4.69) is 10.2 Å². The van der Waals surface area contributed by atoms with Crippen molar-refractivity contribution in [3.05, 3.63) is 29.0 Å². The van der Waals surface area contributed by atoms with Crippen molar-refractivity contribution in [3.63, 3.8) is 0 Å². The zero-order chi connectivity index (χ0) is 11.7. The average Bonchev–Trinajstić information content (AvgIpc) is 2.59. The van der Waals surface area contributed by atoms with E-state index < -0.39 is 0 Å². The maximum Gasteiger partial charge on any atom is 0.225 e. The van der Waals surface area contributed by atoms with Gasteiger partial charge in [0.2, 0.25) is 10.7 Å². The van der Waals surface area contributed by atoms with Crippen molar-refractivity contribution >= 4 is 23.9 Å². The third-order valence-electron chi connectivity index (χ3n) is 2.32. The van der Waals surface area contributed by atoms with Gasteiger partial charge in [0.1, 0.15) is 0 Å². The van der Waals surface area contributed by atoms with Crippen molar-refractivity contribution in [1.82, 2.24) is 14.8 Å². The summed E-state index contributed by atoms with van der Waals surface area (Å²) < 4.78 is 2.18. The molecule has 2 aromatic rings. The fourth-order valence-electron chi connectivity index (χ4n) is 1.46. The second-order valence-electron chi connectivity index (χ2n) is 3.63. The molecular weight excluding hydrogens is 222 g/mol. The molecule has 2 rings (SSSR count). The number of nitrogens with two attached hydrogens (primary N) is 1. The van der Waals surface area contributed by atoms with Crippen molar-refractivity contribution in [3.8, 4) is 5.69 Å². The molecule has 1 aromatic carbocycles. The number of nitrogens with one attached hydrogen (secondary N) is 1.